The smallest absolute Gasteiger partial charge is 0.270 e. The third-order valence-corrected chi connectivity index (χ3v) is 3.82. The van der Waals surface area contributed by atoms with E-state index in [4.69, 9.17) is 0 Å². The van der Waals surface area contributed by atoms with Crippen LogP contribution in [-0.4, -0.2) is 39.3 Å². The van der Waals surface area contributed by atoms with Gasteiger partial charge in [0.15, 0.2) is 0 Å². The van der Waals surface area contributed by atoms with Crippen molar-refractivity contribution in [3.05, 3.63) is 42.5 Å². The Bertz CT molecular complexity index is 620. The number of pyridine rings is 1. The molecule has 1 saturated heterocycles. The van der Waals surface area contributed by atoms with Gasteiger partial charge in [-0.15, -0.1) is 24.8 Å². The van der Waals surface area contributed by atoms with Crippen LogP contribution in [0.4, 0.5) is 0 Å². The van der Waals surface area contributed by atoms with E-state index in [0.717, 1.165) is 25.1 Å². The average molecular weight is 358 g/mol. The highest BCUT2D eigenvalue weighted by molar-refractivity contribution is 5.93. The summed E-state index contributed by atoms with van der Waals surface area (Å²) in [5.74, 6) is -0.135. The molecular weight excluding hydrogens is 337 g/mol. The summed E-state index contributed by atoms with van der Waals surface area (Å²) in [6.45, 7) is 3.11. The van der Waals surface area contributed by atoms with Crippen LogP contribution in [0.1, 0.15) is 30.3 Å². The van der Waals surface area contributed by atoms with E-state index in [2.05, 4.69) is 27.6 Å². The summed E-state index contributed by atoms with van der Waals surface area (Å²) in [6, 6.07) is 5.87. The van der Waals surface area contributed by atoms with Gasteiger partial charge < -0.3 is 10.6 Å². The minimum absolute atomic E-state index is 0. The molecule has 1 amide bonds. The molecule has 2 unspecified atom stereocenters. The Morgan fingerprint density at radius 3 is 2.91 bits per heavy atom. The van der Waals surface area contributed by atoms with Crippen molar-refractivity contribution in [1.29, 1.82) is 0 Å². The fraction of sp³-hybridized carbons (Fsp3) is 0.400. The zero-order valence-corrected chi connectivity index (χ0v) is 14.4. The maximum absolute atomic E-state index is 12.3. The second-order valence-electron chi connectivity index (χ2n) is 5.31. The molecular formula is C15H21Cl2N5O. The number of amides is 1. The lowest BCUT2D eigenvalue weighted by Crippen LogP contribution is -2.52. The van der Waals surface area contributed by atoms with Crippen LogP contribution in [0, 0.1) is 0 Å². The Morgan fingerprint density at radius 2 is 2.22 bits per heavy atom. The molecule has 6 nitrogen and oxygen atoms in total. The first-order chi connectivity index (χ1) is 10.2. The number of hydrogen-bond donors (Lipinski definition) is 2. The third-order valence-electron chi connectivity index (χ3n) is 3.82. The molecule has 0 spiro atoms. The molecule has 1 fully saturated rings. The molecule has 1 aliphatic rings. The minimum atomic E-state index is -0.135. The highest BCUT2D eigenvalue weighted by Gasteiger charge is 2.23. The van der Waals surface area contributed by atoms with Crippen molar-refractivity contribution in [2.75, 3.05) is 6.54 Å². The topological polar surface area (TPSA) is 71.8 Å². The van der Waals surface area contributed by atoms with E-state index in [1.54, 1.807) is 23.1 Å². The van der Waals surface area contributed by atoms with Crippen LogP contribution >= 0.6 is 24.8 Å². The second kappa shape index (κ2) is 8.86. The van der Waals surface area contributed by atoms with Crippen molar-refractivity contribution < 1.29 is 4.79 Å². The predicted molar refractivity (Wildman–Crippen MR) is 93.8 cm³/mol. The number of aromatic nitrogens is 3. The zero-order chi connectivity index (χ0) is 14.7. The van der Waals surface area contributed by atoms with Crippen LogP contribution in [-0.2, 0) is 0 Å². The van der Waals surface area contributed by atoms with Crippen LogP contribution in [0.3, 0.4) is 0 Å². The molecule has 0 bridgehead atoms. The number of carbonyl (C=O) groups excluding carboxylic acids is 1. The molecule has 3 rings (SSSR count). The highest BCUT2D eigenvalue weighted by Crippen LogP contribution is 2.11. The number of nitrogens with zero attached hydrogens (tertiary/aromatic N) is 3. The van der Waals surface area contributed by atoms with Gasteiger partial charge in [0.1, 0.15) is 5.69 Å². The van der Waals surface area contributed by atoms with E-state index in [1.807, 2.05) is 18.3 Å². The van der Waals surface area contributed by atoms with Gasteiger partial charge in [0, 0.05) is 30.7 Å². The van der Waals surface area contributed by atoms with Crippen LogP contribution in [0.15, 0.2) is 36.8 Å². The van der Waals surface area contributed by atoms with Crippen LogP contribution < -0.4 is 10.6 Å². The standard InChI is InChI=1S/C15H19N5O.2ClH/c1-11-13(4-2-6-16-11)19-15(21)14-10-12(5-8-17-14)20-9-3-7-18-20;;/h3,5,7-11,13,16H,2,4,6H2,1H3,(H,19,21);2*1H. The molecule has 2 atom stereocenters. The number of carbonyl (C=O) groups is 1. The molecule has 2 aromatic heterocycles. The van der Waals surface area contributed by atoms with Crippen molar-refractivity contribution in [3.63, 3.8) is 0 Å². The monoisotopic (exact) mass is 357 g/mol. The third kappa shape index (κ3) is 4.67. The largest absolute Gasteiger partial charge is 0.346 e. The van der Waals surface area contributed by atoms with Crippen LogP contribution in [0.2, 0.25) is 0 Å². The van der Waals surface area contributed by atoms with Crippen molar-refractivity contribution >= 4 is 30.7 Å². The Morgan fingerprint density at radius 1 is 1.39 bits per heavy atom. The van der Waals surface area contributed by atoms with Gasteiger partial charge in [0.25, 0.3) is 5.91 Å². The Kier molecular flexibility index (Phi) is 7.48. The lowest BCUT2D eigenvalue weighted by Gasteiger charge is -2.30. The molecule has 3 heterocycles. The molecule has 0 radical (unpaired) electrons. The molecule has 0 aliphatic carbocycles. The SMILES string of the molecule is CC1NCCCC1NC(=O)c1cc(-n2cccn2)ccn1.Cl.Cl. The zero-order valence-electron chi connectivity index (χ0n) is 12.8. The van der Waals surface area contributed by atoms with E-state index in [-0.39, 0.29) is 42.8 Å². The average Bonchev–Trinajstić information content (AvgIpc) is 3.04. The fourth-order valence-electron chi connectivity index (χ4n) is 2.59. The van der Waals surface area contributed by atoms with Crippen molar-refractivity contribution in [3.8, 4) is 5.69 Å². The van der Waals surface area contributed by atoms with Gasteiger partial charge in [-0.1, -0.05) is 0 Å². The van der Waals surface area contributed by atoms with Gasteiger partial charge in [-0.2, -0.15) is 5.10 Å². The lowest BCUT2D eigenvalue weighted by molar-refractivity contribution is 0.0914. The van der Waals surface area contributed by atoms with E-state index >= 15 is 0 Å². The van der Waals surface area contributed by atoms with Gasteiger partial charge in [0.05, 0.1) is 5.69 Å². The summed E-state index contributed by atoms with van der Waals surface area (Å²) in [5.41, 5.74) is 1.25. The van der Waals surface area contributed by atoms with Gasteiger partial charge >= 0.3 is 0 Å². The first-order valence-electron chi connectivity index (χ1n) is 7.24. The van der Waals surface area contributed by atoms with Gasteiger partial charge in [-0.05, 0) is 44.5 Å². The second-order valence-corrected chi connectivity index (χ2v) is 5.31. The first kappa shape index (κ1) is 19.4. The van der Waals surface area contributed by atoms with Crippen molar-refractivity contribution in [2.24, 2.45) is 0 Å². The van der Waals surface area contributed by atoms with E-state index < -0.39 is 0 Å². The normalized spacial score (nSPS) is 20.0. The quantitative estimate of drug-likeness (QED) is 0.880. The molecule has 0 saturated carbocycles. The van der Waals surface area contributed by atoms with Gasteiger partial charge in [-0.25, -0.2) is 4.68 Å². The summed E-state index contributed by atoms with van der Waals surface area (Å²) in [4.78, 5) is 16.5. The van der Waals surface area contributed by atoms with Crippen LogP contribution in [0.5, 0.6) is 0 Å². The molecule has 8 heteroatoms. The fourth-order valence-corrected chi connectivity index (χ4v) is 2.59. The number of halogens is 2. The maximum atomic E-state index is 12.3. The van der Waals surface area contributed by atoms with Crippen molar-refractivity contribution in [2.45, 2.75) is 31.8 Å². The summed E-state index contributed by atoms with van der Waals surface area (Å²) in [6.07, 6.45) is 7.25. The molecule has 23 heavy (non-hydrogen) atoms. The number of nitrogens with one attached hydrogen (secondary N) is 2. The highest BCUT2D eigenvalue weighted by atomic mass is 35.5. The Labute approximate surface area is 147 Å². The summed E-state index contributed by atoms with van der Waals surface area (Å²) in [7, 11) is 0. The number of piperidine rings is 1. The van der Waals surface area contributed by atoms with E-state index in [0.29, 0.717) is 5.69 Å². The number of hydrogen-bond acceptors (Lipinski definition) is 4. The molecule has 2 aromatic rings. The summed E-state index contributed by atoms with van der Waals surface area (Å²) in [5, 5.41) is 10.6. The molecule has 1 aliphatic heterocycles. The molecule has 0 aromatic carbocycles. The summed E-state index contributed by atoms with van der Waals surface area (Å²) >= 11 is 0. The van der Waals surface area contributed by atoms with E-state index in [1.165, 1.54) is 0 Å². The molecule has 2 N–H and O–H groups in total. The van der Waals surface area contributed by atoms with Crippen LogP contribution in [0.25, 0.3) is 5.69 Å². The summed E-state index contributed by atoms with van der Waals surface area (Å²) < 4.78 is 1.71. The van der Waals surface area contributed by atoms with E-state index in [9.17, 15) is 4.79 Å². The van der Waals surface area contributed by atoms with Crippen molar-refractivity contribution in [1.82, 2.24) is 25.4 Å². The number of rotatable bonds is 3. The predicted octanol–water partition coefficient (Wildman–Crippen LogP) is 1.98. The van der Waals surface area contributed by atoms with Gasteiger partial charge in [0.2, 0.25) is 0 Å². The molecule has 126 valence electrons. The maximum Gasteiger partial charge on any atom is 0.270 e. The Hall–Kier alpha value is -1.63. The Balaban J connectivity index is 0.00000132. The minimum Gasteiger partial charge on any atom is -0.346 e. The lowest BCUT2D eigenvalue weighted by atomic mass is 10.00. The first-order valence-corrected chi connectivity index (χ1v) is 7.24. The van der Waals surface area contributed by atoms with Gasteiger partial charge in [-0.3, -0.25) is 9.78 Å².